The first-order chi connectivity index (χ1) is 19.5. The lowest BCUT2D eigenvalue weighted by atomic mass is 9.85. The van der Waals surface area contributed by atoms with Crippen molar-refractivity contribution in [3.05, 3.63) is 71.6 Å². The number of carbonyl (C=O) groups is 1. The third kappa shape index (κ3) is 5.31. The maximum atomic E-state index is 13.4. The largest absolute Gasteiger partial charge is 0.473 e. The third-order valence-electron chi connectivity index (χ3n) is 7.91. The van der Waals surface area contributed by atoms with Crippen molar-refractivity contribution in [2.75, 3.05) is 13.1 Å². The molecule has 2 aliphatic rings. The predicted octanol–water partition coefficient (Wildman–Crippen LogP) is 2.36. The minimum absolute atomic E-state index is 0.0124. The molecule has 4 heterocycles. The highest BCUT2D eigenvalue weighted by molar-refractivity contribution is 5.79. The molecule has 12 heteroatoms. The highest BCUT2D eigenvalue weighted by atomic mass is 19.1. The van der Waals surface area contributed by atoms with Gasteiger partial charge in [0, 0.05) is 43.9 Å². The molecule has 0 bridgehead atoms. The van der Waals surface area contributed by atoms with Gasteiger partial charge in [0.25, 0.3) is 5.56 Å². The van der Waals surface area contributed by atoms with Crippen molar-refractivity contribution >= 4 is 16.9 Å². The van der Waals surface area contributed by atoms with E-state index in [0.717, 1.165) is 25.7 Å². The third-order valence-corrected chi connectivity index (χ3v) is 7.91. The summed E-state index contributed by atoms with van der Waals surface area (Å²) in [6.07, 6.45) is 10.5. The van der Waals surface area contributed by atoms with Gasteiger partial charge in [0.2, 0.25) is 11.8 Å². The molecule has 6 rings (SSSR count). The van der Waals surface area contributed by atoms with E-state index in [9.17, 15) is 19.1 Å². The standard InChI is InChI=1S/C28H30FN7O4/c29-20-3-5-21(6-4-20)36-26-23(13-33-36)28(39)35(17-32-26)16-19-15-34(12-9-24(19)37)27(38)18-1-7-22(8-2-18)40-25-14-30-10-11-31-25/h3-6,10-11,13-14,17-19,22,24,37H,1-2,7-9,12,15-16H2/t18-,19?,22+,24?. The van der Waals surface area contributed by atoms with Gasteiger partial charge < -0.3 is 14.7 Å². The molecule has 11 nitrogen and oxygen atoms in total. The number of aromatic nitrogens is 6. The van der Waals surface area contributed by atoms with Gasteiger partial charge in [-0.3, -0.25) is 19.1 Å². The summed E-state index contributed by atoms with van der Waals surface area (Å²) < 4.78 is 22.2. The van der Waals surface area contributed by atoms with Crippen molar-refractivity contribution < 1.29 is 19.0 Å². The van der Waals surface area contributed by atoms with E-state index in [2.05, 4.69) is 20.1 Å². The number of amides is 1. The van der Waals surface area contributed by atoms with Crippen LogP contribution in [0.5, 0.6) is 5.88 Å². The number of piperidine rings is 1. The first kappa shape index (κ1) is 26.1. The lowest BCUT2D eigenvalue weighted by Crippen LogP contribution is -2.50. The van der Waals surface area contributed by atoms with E-state index in [0.29, 0.717) is 42.1 Å². The Hall–Kier alpha value is -4.19. The van der Waals surface area contributed by atoms with Gasteiger partial charge in [0.05, 0.1) is 30.5 Å². The molecule has 0 spiro atoms. The lowest BCUT2D eigenvalue weighted by molar-refractivity contribution is -0.141. The van der Waals surface area contributed by atoms with Crippen molar-refractivity contribution in [2.24, 2.45) is 11.8 Å². The second-order valence-electron chi connectivity index (χ2n) is 10.5. The number of fused-ring (bicyclic) bond motifs is 1. The molecule has 4 aromatic rings. The van der Waals surface area contributed by atoms with Crippen LogP contribution in [0.2, 0.25) is 0 Å². The highest BCUT2D eigenvalue weighted by Crippen LogP contribution is 2.30. The summed E-state index contributed by atoms with van der Waals surface area (Å²) in [5.74, 6) is -0.171. The van der Waals surface area contributed by atoms with Gasteiger partial charge in [-0.25, -0.2) is 19.0 Å². The summed E-state index contributed by atoms with van der Waals surface area (Å²) in [4.78, 5) is 41.1. The fourth-order valence-electron chi connectivity index (χ4n) is 5.70. The Morgan fingerprint density at radius 3 is 2.60 bits per heavy atom. The van der Waals surface area contributed by atoms with Crippen LogP contribution < -0.4 is 10.3 Å². The molecule has 1 amide bonds. The van der Waals surface area contributed by atoms with Gasteiger partial charge in [0.15, 0.2) is 5.65 Å². The molecule has 2 atom stereocenters. The van der Waals surface area contributed by atoms with Crippen LogP contribution in [0.15, 0.2) is 60.2 Å². The van der Waals surface area contributed by atoms with E-state index in [-0.39, 0.29) is 41.8 Å². The predicted molar refractivity (Wildman–Crippen MR) is 142 cm³/mol. The van der Waals surface area contributed by atoms with Crippen LogP contribution in [0.4, 0.5) is 4.39 Å². The number of aliphatic hydroxyl groups is 1. The number of benzene rings is 1. The van der Waals surface area contributed by atoms with Gasteiger partial charge in [-0.05, 0) is 56.4 Å². The molecule has 1 aliphatic heterocycles. The maximum absolute atomic E-state index is 13.4. The molecule has 2 fully saturated rings. The van der Waals surface area contributed by atoms with E-state index in [4.69, 9.17) is 4.74 Å². The monoisotopic (exact) mass is 547 g/mol. The van der Waals surface area contributed by atoms with Crippen LogP contribution in [0.1, 0.15) is 32.1 Å². The van der Waals surface area contributed by atoms with Gasteiger partial charge in [-0.1, -0.05) is 0 Å². The summed E-state index contributed by atoms with van der Waals surface area (Å²) in [7, 11) is 0. The van der Waals surface area contributed by atoms with Crippen molar-refractivity contribution in [1.29, 1.82) is 0 Å². The Balaban J connectivity index is 1.10. The smallest absolute Gasteiger partial charge is 0.264 e. The number of halogens is 1. The first-order valence-corrected chi connectivity index (χ1v) is 13.5. The number of likely N-dealkylation sites (tertiary alicyclic amines) is 1. The van der Waals surface area contributed by atoms with Gasteiger partial charge in [0.1, 0.15) is 17.3 Å². The normalized spacial score (nSPS) is 23.3. The lowest BCUT2D eigenvalue weighted by Gasteiger charge is -2.39. The zero-order chi connectivity index (χ0) is 27.6. The number of hydrogen-bond acceptors (Lipinski definition) is 8. The van der Waals surface area contributed by atoms with Crippen molar-refractivity contribution in [3.8, 4) is 11.6 Å². The zero-order valence-electron chi connectivity index (χ0n) is 21.8. The zero-order valence-corrected chi connectivity index (χ0v) is 21.8. The molecule has 1 saturated carbocycles. The second-order valence-corrected chi connectivity index (χ2v) is 10.5. The Bertz CT molecular complexity index is 1530. The number of hydrogen-bond donors (Lipinski definition) is 1. The average Bonchev–Trinajstić information content (AvgIpc) is 3.41. The van der Waals surface area contributed by atoms with Crippen LogP contribution in [-0.4, -0.2) is 70.5 Å². The minimum Gasteiger partial charge on any atom is -0.473 e. The first-order valence-electron chi connectivity index (χ1n) is 13.5. The molecule has 3 aromatic heterocycles. The summed E-state index contributed by atoms with van der Waals surface area (Å²) in [5, 5.41) is 15.3. The molecular weight excluding hydrogens is 517 g/mol. The topological polar surface area (TPSA) is 128 Å². The molecule has 0 radical (unpaired) electrons. The molecule has 2 unspecified atom stereocenters. The SMILES string of the molecule is O=c1c2cnn(-c3ccc(F)cc3)c2ncn1CC1CN(C(=O)[C@H]2CC[C@@H](Oc3cnccn3)CC2)CCC1O. The van der Waals surface area contributed by atoms with Crippen molar-refractivity contribution in [2.45, 2.75) is 50.9 Å². The van der Waals surface area contributed by atoms with Crippen LogP contribution in [0, 0.1) is 17.7 Å². The Kier molecular flexibility index (Phi) is 7.25. The number of nitrogens with zero attached hydrogens (tertiary/aromatic N) is 7. The summed E-state index contributed by atoms with van der Waals surface area (Å²) in [5.41, 5.74) is 0.676. The fraction of sp³-hybridized carbons (Fsp3) is 0.429. The van der Waals surface area contributed by atoms with Crippen molar-refractivity contribution in [1.82, 2.24) is 34.2 Å². The number of carbonyl (C=O) groups excluding carboxylic acids is 1. The van der Waals surface area contributed by atoms with Gasteiger partial charge >= 0.3 is 0 Å². The Morgan fingerprint density at radius 1 is 1.05 bits per heavy atom. The average molecular weight is 548 g/mol. The fourth-order valence-corrected chi connectivity index (χ4v) is 5.70. The number of aliphatic hydroxyl groups excluding tert-OH is 1. The molecule has 1 N–H and O–H groups in total. The second kappa shape index (κ2) is 11.1. The van der Waals surface area contributed by atoms with E-state index in [1.165, 1.54) is 33.9 Å². The summed E-state index contributed by atoms with van der Waals surface area (Å²) >= 11 is 0. The van der Waals surface area contributed by atoms with E-state index in [1.807, 2.05) is 4.90 Å². The van der Waals surface area contributed by atoms with Crippen LogP contribution in [0.25, 0.3) is 16.7 Å². The molecule has 208 valence electrons. The van der Waals surface area contributed by atoms with Crippen LogP contribution >= 0.6 is 0 Å². The number of rotatable bonds is 6. The summed E-state index contributed by atoms with van der Waals surface area (Å²) in [6.45, 7) is 1.09. The molecule has 1 aromatic carbocycles. The van der Waals surface area contributed by atoms with Crippen LogP contribution in [0.3, 0.4) is 0 Å². The van der Waals surface area contributed by atoms with E-state index in [1.54, 1.807) is 30.7 Å². The van der Waals surface area contributed by atoms with E-state index >= 15 is 0 Å². The van der Waals surface area contributed by atoms with Gasteiger partial charge in [-0.2, -0.15) is 5.10 Å². The highest BCUT2D eigenvalue weighted by Gasteiger charge is 2.35. The van der Waals surface area contributed by atoms with E-state index < -0.39 is 6.10 Å². The quantitative estimate of drug-likeness (QED) is 0.390. The number of ether oxygens (including phenoxy) is 1. The van der Waals surface area contributed by atoms with Crippen molar-refractivity contribution in [3.63, 3.8) is 0 Å². The molecular formula is C28H30FN7O4. The Morgan fingerprint density at radius 2 is 1.85 bits per heavy atom. The molecule has 40 heavy (non-hydrogen) atoms. The minimum atomic E-state index is -0.635. The molecule has 1 aliphatic carbocycles. The maximum Gasteiger partial charge on any atom is 0.264 e. The summed E-state index contributed by atoms with van der Waals surface area (Å²) in [6, 6.07) is 5.77. The Labute approximate surface area is 229 Å². The molecule has 1 saturated heterocycles. The van der Waals surface area contributed by atoms with Gasteiger partial charge in [-0.15, -0.1) is 0 Å². The van der Waals surface area contributed by atoms with Crippen LogP contribution in [-0.2, 0) is 11.3 Å².